The van der Waals surface area contributed by atoms with Crippen molar-refractivity contribution in [3.63, 3.8) is 0 Å². The molecule has 1 amide bonds. The van der Waals surface area contributed by atoms with Crippen LogP contribution in [0.4, 0.5) is 0 Å². The molecule has 1 aromatic heterocycles. The van der Waals surface area contributed by atoms with E-state index in [4.69, 9.17) is 17.1 Å². The zero-order chi connectivity index (χ0) is 17.8. The zero-order valence-corrected chi connectivity index (χ0v) is 14.7. The molecule has 8 heteroatoms. The number of nitrogens with zero attached hydrogens (tertiary/aromatic N) is 2. The molecule has 0 radical (unpaired) electrons. The summed E-state index contributed by atoms with van der Waals surface area (Å²) < 4.78 is 1.34. The molecule has 6 nitrogen and oxygen atoms in total. The molecule has 1 aliphatic rings. The highest BCUT2D eigenvalue weighted by Gasteiger charge is 2.28. The average molecular weight is 374 g/mol. The van der Waals surface area contributed by atoms with Gasteiger partial charge in [0.1, 0.15) is 16.6 Å². The van der Waals surface area contributed by atoms with Crippen molar-refractivity contribution >= 4 is 40.5 Å². The van der Waals surface area contributed by atoms with Crippen LogP contribution < -0.4 is 10.4 Å². The van der Waals surface area contributed by atoms with E-state index in [0.717, 1.165) is 10.3 Å². The van der Waals surface area contributed by atoms with Gasteiger partial charge < -0.3 is 4.84 Å². The first kappa shape index (κ1) is 17.4. The number of benzene rings is 1. The second kappa shape index (κ2) is 7.62. The Morgan fingerprint density at radius 1 is 1.24 bits per heavy atom. The molecular formula is C17H14N2O4S2. The maximum atomic E-state index is 12.7. The number of pyridine rings is 1. The van der Waals surface area contributed by atoms with E-state index in [0.29, 0.717) is 22.9 Å². The molecule has 0 unspecified atom stereocenters. The number of hydrogen-bond acceptors (Lipinski definition) is 6. The Balaban J connectivity index is 1.95. The van der Waals surface area contributed by atoms with Crippen molar-refractivity contribution in [2.24, 2.45) is 0 Å². The van der Waals surface area contributed by atoms with Gasteiger partial charge in [0.25, 0.3) is 11.5 Å². The summed E-state index contributed by atoms with van der Waals surface area (Å²) >= 11 is 6.57. The van der Waals surface area contributed by atoms with Crippen molar-refractivity contribution in [2.45, 2.75) is 6.61 Å². The Hall–Kier alpha value is -2.45. The fraction of sp³-hybridized carbons (Fsp3) is 0.176. The van der Waals surface area contributed by atoms with Crippen molar-refractivity contribution in [1.82, 2.24) is 9.63 Å². The summed E-state index contributed by atoms with van der Waals surface area (Å²) in [5.74, 6) is 0.296. The third-order valence-electron chi connectivity index (χ3n) is 3.63. The van der Waals surface area contributed by atoms with Gasteiger partial charge >= 0.3 is 0 Å². The van der Waals surface area contributed by atoms with Crippen LogP contribution in [0.5, 0.6) is 0 Å². The van der Waals surface area contributed by atoms with E-state index >= 15 is 0 Å². The molecule has 0 saturated carbocycles. The Morgan fingerprint density at radius 3 is 2.64 bits per heavy atom. The fourth-order valence-corrected chi connectivity index (χ4v) is 3.54. The van der Waals surface area contributed by atoms with Crippen molar-refractivity contribution in [3.8, 4) is 0 Å². The van der Waals surface area contributed by atoms with Gasteiger partial charge in [0.05, 0.1) is 5.56 Å². The SMILES string of the molecule is O=Cc1ccc(C(=O)N2CCSC2=S)n(OCc2ccccc2)c1=O. The predicted octanol–water partition coefficient (Wildman–Crippen LogP) is 1.76. The van der Waals surface area contributed by atoms with E-state index in [1.165, 1.54) is 28.8 Å². The molecule has 0 N–H and O–H groups in total. The lowest BCUT2D eigenvalue weighted by Gasteiger charge is -2.18. The van der Waals surface area contributed by atoms with E-state index in [1.54, 1.807) is 0 Å². The van der Waals surface area contributed by atoms with Gasteiger partial charge in [-0.15, -0.1) is 4.73 Å². The van der Waals surface area contributed by atoms with Gasteiger partial charge in [-0.25, -0.2) is 0 Å². The van der Waals surface area contributed by atoms with Crippen molar-refractivity contribution in [2.75, 3.05) is 12.3 Å². The van der Waals surface area contributed by atoms with Crippen molar-refractivity contribution in [3.05, 3.63) is 69.6 Å². The van der Waals surface area contributed by atoms with Gasteiger partial charge in [-0.1, -0.05) is 54.3 Å². The molecule has 0 aliphatic carbocycles. The molecule has 2 aromatic rings. The monoisotopic (exact) mass is 374 g/mol. The highest BCUT2D eigenvalue weighted by atomic mass is 32.2. The molecule has 25 heavy (non-hydrogen) atoms. The molecule has 2 heterocycles. The number of thioether (sulfide) groups is 1. The lowest BCUT2D eigenvalue weighted by Crippen LogP contribution is -2.39. The molecule has 0 bridgehead atoms. The highest BCUT2D eigenvalue weighted by molar-refractivity contribution is 8.23. The van der Waals surface area contributed by atoms with Gasteiger partial charge in [-0.2, -0.15) is 0 Å². The van der Waals surface area contributed by atoms with Crippen LogP contribution in [0.15, 0.2) is 47.3 Å². The smallest absolute Gasteiger partial charge is 0.294 e. The maximum absolute atomic E-state index is 12.7. The molecule has 0 spiro atoms. The number of aromatic nitrogens is 1. The molecule has 1 saturated heterocycles. The minimum atomic E-state index is -0.672. The first-order chi connectivity index (χ1) is 12.1. The van der Waals surface area contributed by atoms with Gasteiger partial charge in [0, 0.05) is 12.3 Å². The van der Waals surface area contributed by atoms with Crippen LogP contribution in [0.25, 0.3) is 0 Å². The van der Waals surface area contributed by atoms with E-state index in [1.807, 2.05) is 30.3 Å². The third kappa shape index (κ3) is 3.64. The normalized spacial score (nSPS) is 13.8. The maximum Gasteiger partial charge on any atom is 0.294 e. The van der Waals surface area contributed by atoms with Crippen LogP contribution in [0.3, 0.4) is 0 Å². The third-order valence-corrected chi connectivity index (χ3v) is 5.05. The first-order valence-corrected chi connectivity index (χ1v) is 8.88. The van der Waals surface area contributed by atoms with Crippen LogP contribution in [-0.2, 0) is 6.61 Å². The number of rotatable bonds is 5. The van der Waals surface area contributed by atoms with Crippen LogP contribution in [-0.4, -0.2) is 38.4 Å². The van der Waals surface area contributed by atoms with Gasteiger partial charge in [0.2, 0.25) is 0 Å². The van der Waals surface area contributed by atoms with Crippen LogP contribution in [0, 0.1) is 0 Å². The van der Waals surface area contributed by atoms with E-state index in [2.05, 4.69) is 0 Å². The fourth-order valence-electron chi connectivity index (χ4n) is 2.34. The highest BCUT2D eigenvalue weighted by Crippen LogP contribution is 2.20. The second-order valence-electron chi connectivity index (χ2n) is 5.22. The standard InChI is InChI=1S/C17H14N2O4S2/c20-10-13-6-7-14(16(22)18-8-9-25-17(18)24)19(15(13)21)23-11-12-4-2-1-3-5-12/h1-7,10H,8-9,11H2. The largest absolute Gasteiger partial charge is 0.405 e. The zero-order valence-electron chi connectivity index (χ0n) is 13.1. The van der Waals surface area contributed by atoms with E-state index < -0.39 is 11.5 Å². The Morgan fingerprint density at radius 2 is 2.00 bits per heavy atom. The lowest BCUT2D eigenvalue weighted by atomic mass is 10.2. The van der Waals surface area contributed by atoms with E-state index in [-0.39, 0.29) is 17.9 Å². The summed E-state index contributed by atoms with van der Waals surface area (Å²) in [5, 5.41) is 0. The number of hydrogen-bond donors (Lipinski definition) is 0. The molecule has 3 rings (SSSR count). The first-order valence-electron chi connectivity index (χ1n) is 7.49. The number of carbonyl (C=O) groups excluding carboxylic acids is 2. The van der Waals surface area contributed by atoms with Gasteiger partial charge in [-0.3, -0.25) is 19.3 Å². The molecule has 1 aromatic carbocycles. The van der Waals surface area contributed by atoms with Crippen molar-refractivity contribution in [1.29, 1.82) is 0 Å². The van der Waals surface area contributed by atoms with E-state index in [9.17, 15) is 14.4 Å². The number of aldehydes is 1. The Bertz CT molecular complexity index is 880. The summed E-state index contributed by atoms with van der Waals surface area (Å²) in [6.07, 6.45) is 0.440. The summed E-state index contributed by atoms with van der Waals surface area (Å²) in [4.78, 5) is 43.2. The van der Waals surface area contributed by atoms with Gasteiger partial charge in [0.15, 0.2) is 6.29 Å². The summed E-state index contributed by atoms with van der Waals surface area (Å²) in [5.41, 5.74) is 0.116. The summed E-state index contributed by atoms with van der Waals surface area (Å²) in [7, 11) is 0. The minimum Gasteiger partial charge on any atom is -0.405 e. The van der Waals surface area contributed by atoms with Crippen LogP contribution in [0.2, 0.25) is 0 Å². The second-order valence-corrected chi connectivity index (χ2v) is 6.95. The average Bonchev–Trinajstić information content (AvgIpc) is 3.06. The summed E-state index contributed by atoms with van der Waals surface area (Å²) in [6.45, 7) is 0.563. The number of carbonyl (C=O) groups is 2. The molecule has 128 valence electrons. The van der Waals surface area contributed by atoms with Crippen LogP contribution in [0.1, 0.15) is 26.4 Å². The number of thiocarbonyl (C=S) groups is 1. The Labute approximate surface area is 153 Å². The summed E-state index contributed by atoms with van der Waals surface area (Å²) in [6, 6.07) is 11.9. The van der Waals surface area contributed by atoms with Crippen molar-refractivity contribution < 1.29 is 14.4 Å². The Kier molecular flexibility index (Phi) is 5.30. The predicted molar refractivity (Wildman–Crippen MR) is 98.9 cm³/mol. The molecule has 0 atom stereocenters. The number of amides is 1. The van der Waals surface area contributed by atoms with Crippen LogP contribution >= 0.6 is 24.0 Å². The minimum absolute atomic E-state index is 0.0383. The van der Waals surface area contributed by atoms with Gasteiger partial charge in [-0.05, 0) is 17.7 Å². The molecule has 1 fully saturated rings. The molecular weight excluding hydrogens is 360 g/mol. The quantitative estimate of drug-likeness (QED) is 0.587. The topological polar surface area (TPSA) is 68.6 Å². The molecule has 1 aliphatic heterocycles. The lowest BCUT2D eigenvalue weighted by molar-refractivity contribution is 0.0650.